The summed E-state index contributed by atoms with van der Waals surface area (Å²) in [6.45, 7) is 7.78. The number of nitrogens with zero attached hydrogens (tertiary/aromatic N) is 11. The summed E-state index contributed by atoms with van der Waals surface area (Å²) in [5, 5.41) is 9.92. The van der Waals surface area contributed by atoms with Gasteiger partial charge >= 0.3 is 0 Å². The molecule has 0 radical (unpaired) electrons. The van der Waals surface area contributed by atoms with Gasteiger partial charge in [0, 0.05) is 177 Å². The molecule has 129 heavy (non-hydrogen) atoms. The molecular formula is C106H118N14O9. The van der Waals surface area contributed by atoms with Gasteiger partial charge in [-0.1, -0.05) is 235 Å². The highest BCUT2D eigenvalue weighted by atomic mass is 16.5. The number of fused-ring (bicyclic) bond motifs is 1. The maximum Gasteiger partial charge on any atom is 0.252 e. The third-order valence-electron chi connectivity index (χ3n) is 23.1. The van der Waals surface area contributed by atoms with Gasteiger partial charge < -0.3 is 44.9 Å². The van der Waals surface area contributed by atoms with E-state index in [4.69, 9.17) is 14.2 Å². The molecule has 16 rings (SSSR count). The first-order valence-electron chi connectivity index (χ1n) is 42.8. The quantitative estimate of drug-likeness (QED) is 0.0394. The SMILES string of the molecule is C.C.C.COc1cc(C(=O)N[C@@H](Cc2cccnc2)C(=O)N2CCN(C(c3ccccc3)c3ccccc3)CC2)cc(OC)c1OC.O=C(CCc1cccnc1)N[C@@H](Cc1cccnc1)C(=O)N1CCN(C(c2ccccc2)c2ccccc2)CC1.O=C(N[C@@H](Cc1cccnc1)C(=O)N1CCN(C(c2ccccc2)c2ccccc2)CC1)c1ccc2ncccc2c1. The van der Waals surface area contributed by atoms with Crippen molar-refractivity contribution in [3.05, 3.63) is 396 Å². The lowest BCUT2D eigenvalue weighted by Gasteiger charge is -2.40. The van der Waals surface area contributed by atoms with Gasteiger partial charge in [0.2, 0.25) is 29.4 Å². The fraction of sp³-hybridized carbons (Fsp3) is 0.274. The Morgan fingerprint density at radius 3 is 0.946 bits per heavy atom. The Kier molecular flexibility index (Phi) is 35.9. The van der Waals surface area contributed by atoms with Gasteiger partial charge in [-0.05, 0) is 123 Å². The molecule has 3 fully saturated rings. The lowest BCUT2D eigenvalue weighted by molar-refractivity contribution is -0.138. The lowest BCUT2D eigenvalue weighted by Crippen LogP contribution is -2.56. The topological polar surface area (TPSA) is 250 Å². The monoisotopic (exact) mass is 1730 g/mol. The molecule has 23 heteroatoms. The summed E-state index contributed by atoms with van der Waals surface area (Å²) in [6.07, 6.45) is 17.5. The zero-order valence-corrected chi connectivity index (χ0v) is 71.3. The van der Waals surface area contributed by atoms with Crippen molar-refractivity contribution in [2.24, 2.45) is 0 Å². The van der Waals surface area contributed by atoms with Crippen molar-refractivity contribution >= 4 is 46.3 Å². The number of carbonyl (C=O) groups is 6. The van der Waals surface area contributed by atoms with Crippen LogP contribution in [0, 0.1) is 0 Å². The minimum Gasteiger partial charge on any atom is -0.493 e. The molecule has 3 aliphatic rings. The maximum atomic E-state index is 14.0. The van der Waals surface area contributed by atoms with Crippen LogP contribution in [0.15, 0.2) is 329 Å². The van der Waals surface area contributed by atoms with E-state index in [1.807, 2.05) is 124 Å². The van der Waals surface area contributed by atoms with Crippen LogP contribution >= 0.6 is 0 Å². The molecule has 0 spiro atoms. The molecule has 3 saturated heterocycles. The third-order valence-corrected chi connectivity index (χ3v) is 23.1. The molecule has 3 N–H and O–H groups in total. The van der Waals surface area contributed by atoms with Gasteiger partial charge in [-0.25, -0.2) is 0 Å². The molecule has 0 unspecified atom stereocenters. The van der Waals surface area contributed by atoms with Crippen LogP contribution in [0.25, 0.3) is 10.9 Å². The summed E-state index contributed by atoms with van der Waals surface area (Å²) in [4.78, 5) is 116. The summed E-state index contributed by atoms with van der Waals surface area (Å²) in [6, 6.07) is 88.6. The largest absolute Gasteiger partial charge is 0.493 e. The molecule has 8 aromatic carbocycles. The molecule has 13 aromatic rings. The van der Waals surface area contributed by atoms with Crippen LogP contribution in [0.3, 0.4) is 0 Å². The predicted octanol–water partition coefficient (Wildman–Crippen LogP) is 15.3. The van der Waals surface area contributed by atoms with E-state index in [0.29, 0.717) is 113 Å². The lowest BCUT2D eigenvalue weighted by atomic mass is 9.96. The molecule has 3 atom stereocenters. The van der Waals surface area contributed by atoms with E-state index in [2.05, 4.69) is 201 Å². The smallest absolute Gasteiger partial charge is 0.252 e. The first kappa shape index (κ1) is 95.5. The molecule has 8 heterocycles. The number of rotatable bonds is 29. The zero-order chi connectivity index (χ0) is 87.2. The molecule has 666 valence electrons. The maximum absolute atomic E-state index is 14.0. The summed E-state index contributed by atoms with van der Waals surface area (Å²) >= 11 is 0. The van der Waals surface area contributed by atoms with Crippen LogP contribution < -0.4 is 30.2 Å². The van der Waals surface area contributed by atoms with Crippen LogP contribution in [0.5, 0.6) is 17.2 Å². The van der Waals surface area contributed by atoms with Crippen LogP contribution in [0.1, 0.15) is 123 Å². The Morgan fingerprint density at radius 2 is 0.636 bits per heavy atom. The molecule has 23 nitrogen and oxygen atoms in total. The second-order valence-electron chi connectivity index (χ2n) is 31.3. The third kappa shape index (κ3) is 25.8. The molecule has 6 amide bonds. The number of ether oxygens (including phenoxy) is 3. The Balaban J connectivity index is 0.000000185. The summed E-state index contributed by atoms with van der Waals surface area (Å²) < 4.78 is 16.3. The molecule has 0 bridgehead atoms. The number of carbonyl (C=O) groups excluding carboxylic acids is 6. The number of pyridine rings is 5. The van der Waals surface area contributed by atoms with Crippen molar-refractivity contribution in [3.8, 4) is 17.2 Å². The fourth-order valence-electron chi connectivity index (χ4n) is 16.8. The van der Waals surface area contributed by atoms with Crippen molar-refractivity contribution in [3.63, 3.8) is 0 Å². The Labute approximate surface area is 758 Å². The van der Waals surface area contributed by atoms with Crippen LogP contribution in [0.2, 0.25) is 0 Å². The van der Waals surface area contributed by atoms with E-state index in [1.165, 1.54) is 54.7 Å². The second kappa shape index (κ2) is 48.5. The predicted molar refractivity (Wildman–Crippen MR) is 507 cm³/mol. The highest BCUT2D eigenvalue weighted by molar-refractivity contribution is 6.01. The van der Waals surface area contributed by atoms with Crippen molar-refractivity contribution in [1.82, 2.24) is 70.3 Å². The fourth-order valence-corrected chi connectivity index (χ4v) is 16.8. The molecule has 0 aliphatic carbocycles. The Morgan fingerprint density at radius 1 is 0.326 bits per heavy atom. The van der Waals surface area contributed by atoms with Gasteiger partial charge in [0.25, 0.3) is 11.8 Å². The zero-order valence-electron chi connectivity index (χ0n) is 71.3. The van der Waals surface area contributed by atoms with Gasteiger partial charge in [-0.3, -0.25) is 68.4 Å². The van der Waals surface area contributed by atoms with Crippen molar-refractivity contribution < 1.29 is 43.0 Å². The first-order chi connectivity index (χ1) is 61.8. The van der Waals surface area contributed by atoms with Crippen LogP contribution in [0.4, 0.5) is 0 Å². The van der Waals surface area contributed by atoms with Crippen molar-refractivity contribution in [2.75, 3.05) is 99.9 Å². The van der Waals surface area contributed by atoms with E-state index in [-0.39, 0.29) is 69.9 Å². The number of amides is 6. The number of piperazine rings is 3. The highest BCUT2D eigenvalue weighted by Gasteiger charge is 2.37. The number of aryl methyl sites for hydroxylation is 1. The standard InChI is InChI=1S/C35H33N5O2.C35H38N4O5.C33H35N5O2.3CH4/c41-34(30-15-16-31-29(24-30)14-8-18-37-31)38-32(23-26-9-7-17-36-25-26)35(42)40-21-19-39(20-22-40)33(27-10-3-1-4-11-27)28-12-5-2-6-13-28;1-42-30-22-28(23-31(43-2)33(30)44-3)34(40)37-29(21-25-11-10-16-36-24-25)35(41)39-19-17-38(18-20-39)32(26-12-6-4-7-13-26)27-14-8-5-9-15-27;39-31(16-15-26-9-7-17-34-24-26)36-30(23-27-10-8-18-35-25-27)33(40)38-21-19-37(20-22-38)32(28-11-3-1-4-12-28)29-13-5-2-6-14-29;;;/h1-18,24-25,32-33H,19-23H2,(H,38,41);4-16,22-24,29,32H,17-21H2,1-3H3,(H,37,40);1-14,17-18,24-25,30,32H,15-16,19-23H2,(H,36,39);3*1H4/t32-;29-;30-;;;/m000.../s1. The Bertz CT molecular complexity index is 5470. The number of hydrogen-bond donors (Lipinski definition) is 3. The normalized spacial score (nSPS) is 14.1. The number of benzene rings is 8. The minimum absolute atomic E-state index is 0. The molecular weight excluding hydrogens is 1610 g/mol. The van der Waals surface area contributed by atoms with Gasteiger partial charge in [-0.15, -0.1) is 0 Å². The number of hydrogen-bond acceptors (Lipinski definition) is 17. The van der Waals surface area contributed by atoms with Gasteiger partial charge in [0.1, 0.15) is 18.1 Å². The average molecular weight is 1730 g/mol. The average Bonchev–Trinajstić information content (AvgIpc) is 0.800. The molecule has 0 saturated carbocycles. The summed E-state index contributed by atoms with van der Waals surface area (Å²) in [7, 11) is 4.49. The van der Waals surface area contributed by atoms with E-state index in [1.54, 1.807) is 74.0 Å². The number of nitrogens with one attached hydrogen (secondary N) is 3. The van der Waals surface area contributed by atoms with Crippen molar-refractivity contribution in [2.45, 2.75) is 90.6 Å². The highest BCUT2D eigenvalue weighted by Crippen LogP contribution is 2.39. The summed E-state index contributed by atoms with van der Waals surface area (Å²) in [5.74, 6) is -0.00287. The van der Waals surface area contributed by atoms with Crippen LogP contribution in [-0.4, -0.2) is 208 Å². The van der Waals surface area contributed by atoms with E-state index in [9.17, 15) is 28.8 Å². The minimum atomic E-state index is -0.795. The van der Waals surface area contributed by atoms with E-state index >= 15 is 0 Å². The number of aromatic nitrogens is 5. The first-order valence-corrected chi connectivity index (χ1v) is 42.8. The number of methoxy groups -OCH3 is 3. The van der Waals surface area contributed by atoms with Crippen LogP contribution in [-0.2, 0) is 44.9 Å². The molecule has 5 aromatic heterocycles. The van der Waals surface area contributed by atoms with E-state index in [0.717, 1.165) is 59.3 Å². The van der Waals surface area contributed by atoms with Gasteiger partial charge in [0.05, 0.1) is 45.0 Å². The van der Waals surface area contributed by atoms with E-state index < -0.39 is 24.0 Å². The second-order valence-corrected chi connectivity index (χ2v) is 31.3. The van der Waals surface area contributed by atoms with Gasteiger partial charge in [0.15, 0.2) is 11.5 Å². The van der Waals surface area contributed by atoms with Crippen molar-refractivity contribution in [1.29, 1.82) is 0 Å². The Hall–Kier alpha value is -14.1. The van der Waals surface area contributed by atoms with Gasteiger partial charge in [-0.2, -0.15) is 0 Å². The molecule has 3 aliphatic heterocycles. The summed E-state index contributed by atoms with van der Waals surface area (Å²) in [5.41, 5.74) is 12.6.